The molecule has 2 bridgehead atoms. The average molecular weight is 362 g/mol. The molecule has 0 aliphatic heterocycles. The molecule has 4 heteroatoms. The number of nitrogens with one attached hydrogen (secondary N) is 2. The smallest absolute Gasteiger partial charge is 0.253 e. The summed E-state index contributed by atoms with van der Waals surface area (Å²) in [5.74, 6) is 1.93. The zero-order chi connectivity index (χ0) is 18.6. The molecule has 2 aliphatic carbocycles. The standard InChI is InChI=1S/C23H26N2O2/c26-22(14-19-13-17-10-11-18(19)12-17)25-21-9-5-4-8-20(21)23(27)24-15-16-6-2-1-3-7-16/h1-9,17-19H,10-15H2,(H,24,27)(H,25,26). The van der Waals surface area contributed by atoms with Gasteiger partial charge in [-0.25, -0.2) is 0 Å². The Morgan fingerprint density at radius 3 is 2.44 bits per heavy atom. The third kappa shape index (κ3) is 4.21. The molecule has 4 rings (SSSR count). The number of amides is 2. The van der Waals surface area contributed by atoms with Gasteiger partial charge in [-0.1, -0.05) is 48.9 Å². The molecule has 2 fully saturated rings. The second-order valence-electron chi connectivity index (χ2n) is 7.90. The quantitative estimate of drug-likeness (QED) is 0.801. The van der Waals surface area contributed by atoms with Crippen LogP contribution in [0, 0.1) is 17.8 Å². The summed E-state index contributed by atoms with van der Waals surface area (Å²) in [4.78, 5) is 25.2. The number of hydrogen-bond donors (Lipinski definition) is 2. The maximum atomic E-state index is 12.6. The molecule has 2 aromatic carbocycles. The lowest BCUT2D eigenvalue weighted by Gasteiger charge is -2.21. The summed E-state index contributed by atoms with van der Waals surface area (Å²) in [7, 11) is 0. The van der Waals surface area contributed by atoms with Crippen LogP contribution in [0.2, 0.25) is 0 Å². The Kier molecular flexibility index (Phi) is 5.23. The van der Waals surface area contributed by atoms with Gasteiger partial charge in [0.25, 0.3) is 5.91 Å². The van der Waals surface area contributed by atoms with Crippen LogP contribution in [-0.4, -0.2) is 11.8 Å². The fraction of sp³-hybridized carbons (Fsp3) is 0.391. The molecule has 2 amide bonds. The molecule has 2 saturated carbocycles. The number of benzene rings is 2. The van der Waals surface area contributed by atoms with Crippen LogP contribution in [0.1, 0.15) is 48.0 Å². The SMILES string of the molecule is O=C(CC1CC2CCC1C2)Nc1ccccc1C(=O)NCc1ccccc1. The van der Waals surface area contributed by atoms with Gasteiger partial charge in [0.05, 0.1) is 11.3 Å². The fourth-order valence-electron chi connectivity index (χ4n) is 4.73. The summed E-state index contributed by atoms with van der Waals surface area (Å²) in [5, 5.41) is 5.91. The van der Waals surface area contributed by atoms with Crippen molar-refractivity contribution in [1.82, 2.24) is 5.32 Å². The minimum Gasteiger partial charge on any atom is -0.348 e. The van der Waals surface area contributed by atoms with Crippen molar-refractivity contribution >= 4 is 17.5 Å². The van der Waals surface area contributed by atoms with Crippen LogP contribution in [0.4, 0.5) is 5.69 Å². The van der Waals surface area contributed by atoms with Crippen molar-refractivity contribution in [1.29, 1.82) is 0 Å². The van der Waals surface area contributed by atoms with E-state index in [-0.39, 0.29) is 11.8 Å². The summed E-state index contributed by atoms with van der Waals surface area (Å²) in [6, 6.07) is 17.0. The fourth-order valence-corrected chi connectivity index (χ4v) is 4.73. The molecule has 0 aromatic heterocycles. The summed E-state index contributed by atoms with van der Waals surface area (Å²) in [6.45, 7) is 0.465. The zero-order valence-electron chi connectivity index (χ0n) is 15.5. The lowest BCUT2D eigenvalue weighted by Crippen LogP contribution is -2.25. The minimum absolute atomic E-state index is 0.0239. The monoisotopic (exact) mass is 362 g/mol. The van der Waals surface area contributed by atoms with Gasteiger partial charge in [0, 0.05) is 13.0 Å². The van der Waals surface area contributed by atoms with E-state index in [0.717, 1.165) is 17.4 Å². The molecular formula is C23H26N2O2. The van der Waals surface area contributed by atoms with Gasteiger partial charge >= 0.3 is 0 Å². The predicted molar refractivity (Wildman–Crippen MR) is 106 cm³/mol. The van der Waals surface area contributed by atoms with Gasteiger partial charge < -0.3 is 10.6 Å². The zero-order valence-corrected chi connectivity index (χ0v) is 15.5. The van der Waals surface area contributed by atoms with Crippen molar-refractivity contribution in [2.75, 3.05) is 5.32 Å². The van der Waals surface area contributed by atoms with E-state index in [0.29, 0.717) is 30.1 Å². The van der Waals surface area contributed by atoms with Crippen molar-refractivity contribution in [2.45, 2.75) is 38.6 Å². The normalized spacial score (nSPS) is 23.2. The Labute approximate surface area is 160 Å². The van der Waals surface area contributed by atoms with Gasteiger partial charge in [0.15, 0.2) is 0 Å². The van der Waals surface area contributed by atoms with Crippen LogP contribution in [-0.2, 0) is 11.3 Å². The molecular weight excluding hydrogens is 336 g/mol. The largest absolute Gasteiger partial charge is 0.348 e. The van der Waals surface area contributed by atoms with Gasteiger partial charge in [-0.05, 0) is 54.7 Å². The summed E-state index contributed by atoms with van der Waals surface area (Å²) >= 11 is 0. The third-order valence-electron chi connectivity index (χ3n) is 6.07. The summed E-state index contributed by atoms with van der Waals surface area (Å²) in [5.41, 5.74) is 2.15. The molecule has 0 saturated heterocycles. The number of para-hydroxylation sites is 1. The average Bonchev–Trinajstić information content (AvgIpc) is 3.30. The van der Waals surface area contributed by atoms with Gasteiger partial charge in [0.2, 0.25) is 5.91 Å². The Hall–Kier alpha value is -2.62. The van der Waals surface area contributed by atoms with Gasteiger partial charge in [-0.3, -0.25) is 9.59 Å². The van der Waals surface area contributed by atoms with E-state index in [1.54, 1.807) is 12.1 Å². The molecule has 2 aliphatic rings. The van der Waals surface area contributed by atoms with E-state index in [1.165, 1.54) is 25.7 Å². The Balaban J connectivity index is 1.37. The topological polar surface area (TPSA) is 58.2 Å². The first kappa shape index (κ1) is 17.8. The molecule has 2 aromatic rings. The predicted octanol–water partition coefficient (Wildman–Crippen LogP) is 4.38. The number of anilines is 1. The van der Waals surface area contributed by atoms with Crippen LogP contribution < -0.4 is 10.6 Å². The van der Waals surface area contributed by atoms with Gasteiger partial charge in [-0.15, -0.1) is 0 Å². The van der Waals surface area contributed by atoms with Crippen molar-refractivity contribution in [2.24, 2.45) is 17.8 Å². The number of carbonyl (C=O) groups is 2. The first-order valence-corrected chi connectivity index (χ1v) is 9.90. The molecule has 0 spiro atoms. The highest BCUT2D eigenvalue weighted by atomic mass is 16.2. The van der Waals surface area contributed by atoms with Crippen LogP contribution in [0.15, 0.2) is 54.6 Å². The van der Waals surface area contributed by atoms with Crippen molar-refractivity contribution < 1.29 is 9.59 Å². The van der Waals surface area contributed by atoms with E-state index < -0.39 is 0 Å². The van der Waals surface area contributed by atoms with Crippen LogP contribution in [0.3, 0.4) is 0 Å². The van der Waals surface area contributed by atoms with Crippen LogP contribution in [0.25, 0.3) is 0 Å². The van der Waals surface area contributed by atoms with E-state index in [4.69, 9.17) is 0 Å². The number of hydrogen-bond acceptors (Lipinski definition) is 2. The molecule has 27 heavy (non-hydrogen) atoms. The Morgan fingerprint density at radius 1 is 0.926 bits per heavy atom. The lowest BCUT2D eigenvalue weighted by atomic mass is 9.86. The highest BCUT2D eigenvalue weighted by Crippen LogP contribution is 2.49. The number of carbonyl (C=O) groups excluding carboxylic acids is 2. The number of rotatable bonds is 6. The molecule has 4 nitrogen and oxygen atoms in total. The van der Waals surface area contributed by atoms with Crippen LogP contribution in [0.5, 0.6) is 0 Å². The van der Waals surface area contributed by atoms with E-state index in [2.05, 4.69) is 10.6 Å². The minimum atomic E-state index is -0.172. The Morgan fingerprint density at radius 2 is 1.70 bits per heavy atom. The second-order valence-corrected chi connectivity index (χ2v) is 7.90. The first-order chi connectivity index (χ1) is 13.2. The summed E-state index contributed by atoms with van der Waals surface area (Å²) < 4.78 is 0. The van der Waals surface area contributed by atoms with E-state index in [9.17, 15) is 9.59 Å². The molecule has 2 N–H and O–H groups in total. The number of fused-ring (bicyclic) bond motifs is 2. The van der Waals surface area contributed by atoms with Crippen molar-refractivity contribution in [3.8, 4) is 0 Å². The molecule has 3 unspecified atom stereocenters. The molecule has 0 heterocycles. The second kappa shape index (κ2) is 7.95. The summed E-state index contributed by atoms with van der Waals surface area (Å²) in [6.07, 6.45) is 5.68. The van der Waals surface area contributed by atoms with Gasteiger partial charge in [-0.2, -0.15) is 0 Å². The van der Waals surface area contributed by atoms with Crippen molar-refractivity contribution in [3.63, 3.8) is 0 Å². The lowest BCUT2D eigenvalue weighted by molar-refractivity contribution is -0.117. The van der Waals surface area contributed by atoms with E-state index >= 15 is 0 Å². The molecule has 0 radical (unpaired) electrons. The highest BCUT2D eigenvalue weighted by molar-refractivity contribution is 6.03. The van der Waals surface area contributed by atoms with Crippen molar-refractivity contribution in [3.05, 3.63) is 65.7 Å². The molecule has 140 valence electrons. The first-order valence-electron chi connectivity index (χ1n) is 9.90. The van der Waals surface area contributed by atoms with Crippen LogP contribution >= 0.6 is 0 Å². The maximum Gasteiger partial charge on any atom is 0.253 e. The van der Waals surface area contributed by atoms with Gasteiger partial charge in [0.1, 0.15) is 0 Å². The Bertz CT molecular complexity index is 818. The highest BCUT2D eigenvalue weighted by Gasteiger charge is 2.40. The molecule has 3 atom stereocenters. The van der Waals surface area contributed by atoms with E-state index in [1.807, 2.05) is 42.5 Å². The maximum absolute atomic E-state index is 12.6. The third-order valence-corrected chi connectivity index (χ3v) is 6.07.